The second kappa shape index (κ2) is 3.34. The highest BCUT2D eigenvalue weighted by Gasteiger charge is 2.39. The summed E-state index contributed by atoms with van der Waals surface area (Å²) in [5.74, 6) is -0.462. The summed E-state index contributed by atoms with van der Waals surface area (Å²) in [5, 5.41) is 0. The monoisotopic (exact) mass is 224 g/mol. The number of hydrogen-bond acceptors (Lipinski definition) is 2. The van der Waals surface area contributed by atoms with Crippen LogP contribution in [0.2, 0.25) is 0 Å². The van der Waals surface area contributed by atoms with E-state index in [0.717, 1.165) is 19.4 Å². The molecule has 1 heterocycles. The molecule has 1 saturated heterocycles. The molecule has 2 atom stereocenters. The summed E-state index contributed by atoms with van der Waals surface area (Å²) in [6, 6.07) is 2.71. The largest absolute Gasteiger partial charge is 0.399 e. The second-order valence-corrected chi connectivity index (χ2v) is 4.82. The van der Waals surface area contributed by atoms with Gasteiger partial charge in [-0.2, -0.15) is 0 Å². The van der Waals surface area contributed by atoms with Gasteiger partial charge in [0.15, 0.2) is 11.6 Å². The van der Waals surface area contributed by atoms with Crippen LogP contribution in [0.1, 0.15) is 19.3 Å². The number of anilines is 2. The molecule has 16 heavy (non-hydrogen) atoms. The lowest BCUT2D eigenvalue weighted by Gasteiger charge is -2.29. The molecule has 1 aromatic rings. The van der Waals surface area contributed by atoms with E-state index in [1.165, 1.54) is 18.6 Å². The van der Waals surface area contributed by atoms with Gasteiger partial charge in [0.1, 0.15) is 5.69 Å². The van der Waals surface area contributed by atoms with Crippen LogP contribution in [-0.2, 0) is 0 Å². The zero-order valence-corrected chi connectivity index (χ0v) is 8.92. The number of benzene rings is 1. The summed E-state index contributed by atoms with van der Waals surface area (Å²) >= 11 is 0. The minimum Gasteiger partial charge on any atom is -0.399 e. The lowest BCUT2D eigenvalue weighted by Crippen LogP contribution is -2.33. The molecule has 2 fully saturated rings. The lowest BCUT2D eigenvalue weighted by atomic mass is 10.1. The van der Waals surface area contributed by atoms with Crippen LogP contribution in [-0.4, -0.2) is 12.6 Å². The minimum atomic E-state index is -0.537. The van der Waals surface area contributed by atoms with Crippen molar-refractivity contribution in [1.29, 1.82) is 0 Å². The Morgan fingerprint density at radius 3 is 2.38 bits per heavy atom. The second-order valence-electron chi connectivity index (χ2n) is 4.82. The maximum Gasteiger partial charge on any atom is 0.151 e. The van der Waals surface area contributed by atoms with Crippen LogP contribution in [0.3, 0.4) is 0 Å². The van der Waals surface area contributed by atoms with Crippen LogP contribution < -0.4 is 10.6 Å². The fourth-order valence-corrected chi connectivity index (χ4v) is 3.06. The molecule has 2 N–H and O–H groups in total. The number of hydrogen-bond donors (Lipinski definition) is 1. The molecule has 86 valence electrons. The molecule has 1 aromatic carbocycles. The fraction of sp³-hybridized carbons (Fsp3) is 0.500. The molecular weight excluding hydrogens is 210 g/mol. The van der Waals surface area contributed by atoms with Crippen LogP contribution >= 0.6 is 0 Å². The van der Waals surface area contributed by atoms with E-state index in [2.05, 4.69) is 0 Å². The van der Waals surface area contributed by atoms with E-state index in [9.17, 15) is 8.78 Å². The van der Waals surface area contributed by atoms with Gasteiger partial charge in [0, 0.05) is 18.3 Å². The predicted octanol–water partition coefficient (Wildman–Crippen LogP) is 2.54. The van der Waals surface area contributed by atoms with Crippen molar-refractivity contribution in [3.8, 4) is 0 Å². The molecule has 2 bridgehead atoms. The summed E-state index contributed by atoms with van der Waals surface area (Å²) in [6.07, 6.45) is 3.32. The van der Waals surface area contributed by atoms with Crippen molar-refractivity contribution in [2.24, 2.45) is 5.92 Å². The smallest absolute Gasteiger partial charge is 0.151 e. The Labute approximate surface area is 93.0 Å². The number of nitrogens with zero attached hydrogens (tertiary/aromatic N) is 1. The van der Waals surface area contributed by atoms with Gasteiger partial charge in [-0.3, -0.25) is 0 Å². The number of piperidine rings is 1. The van der Waals surface area contributed by atoms with Crippen LogP contribution in [0.5, 0.6) is 0 Å². The first-order valence-corrected chi connectivity index (χ1v) is 5.66. The Kier molecular flexibility index (Phi) is 2.06. The molecule has 0 spiro atoms. The molecular formula is C12H14F2N2. The van der Waals surface area contributed by atoms with Crippen LogP contribution in [0, 0.1) is 17.6 Å². The molecule has 0 amide bonds. The summed E-state index contributed by atoms with van der Waals surface area (Å²) in [6.45, 7) is 0.780. The zero-order valence-electron chi connectivity index (χ0n) is 8.92. The number of fused-ring (bicyclic) bond motifs is 2. The first-order chi connectivity index (χ1) is 7.65. The van der Waals surface area contributed by atoms with Crippen molar-refractivity contribution in [2.75, 3.05) is 17.2 Å². The number of rotatable bonds is 1. The lowest BCUT2D eigenvalue weighted by molar-refractivity contribution is 0.521. The van der Waals surface area contributed by atoms with Gasteiger partial charge in [-0.05, 0) is 37.3 Å². The first-order valence-electron chi connectivity index (χ1n) is 5.66. The predicted molar refractivity (Wildman–Crippen MR) is 59.2 cm³/mol. The standard InChI is InChI=1S/C12H14F2N2/c13-10-4-8(15)5-11(14)12(10)16-6-7-1-2-9(16)3-7/h4-5,7,9H,1-3,6,15H2. The van der Waals surface area contributed by atoms with Gasteiger partial charge in [0.05, 0.1) is 0 Å². The molecule has 2 aliphatic rings. The van der Waals surface area contributed by atoms with Crippen molar-refractivity contribution >= 4 is 11.4 Å². The van der Waals surface area contributed by atoms with E-state index in [-0.39, 0.29) is 11.4 Å². The zero-order chi connectivity index (χ0) is 11.3. The third kappa shape index (κ3) is 1.36. The molecule has 1 saturated carbocycles. The summed E-state index contributed by atoms with van der Waals surface area (Å²) in [4.78, 5) is 1.87. The normalized spacial score (nSPS) is 27.8. The third-order valence-electron chi connectivity index (χ3n) is 3.74. The highest BCUT2D eigenvalue weighted by molar-refractivity contribution is 5.57. The van der Waals surface area contributed by atoms with E-state index in [1.54, 1.807) is 0 Å². The van der Waals surface area contributed by atoms with Gasteiger partial charge in [0.25, 0.3) is 0 Å². The Morgan fingerprint density at radius 1 is 1.19 bits per heavy atom. The SMILES string of the molecule is Nc1cc(F)c(N2CC3CCC2C3)c(F)c1. The Bertz CT molecular complexity index is 410. The number of halogens is 2. The summed E-state index contributed by atoms with van der Waals surface area (Å²) in [7, 11) is 0. The topological polar surface area (TPSA) is 29.3 Å². The first kappa shape index (κ1) is 9.87. The van der Waals surface area contributed by atoms with E-state index < -0.39 is 11.6 Å². The van der Waals surface area contributed by atoms with Crippen molar-refractivity contribution in [1.82, 2.24) is 0 Å². The molecule has 2 unspecified atom stereocenters. The van der Waals surface area contributed by atoms with Gasteiger partial charge in [-0.25, -0.2) is 8.78 Å². The van der Waals surface area contributed by atoms with Gasteiger partial charge >= 0.3 is 0 Å². The van der Waals surface area contributed by atoms with Crippen molar-refractivity contribution in [3.05, 3.63) is 23.8 Å². The molecule has 0 aromatic heterocycles. The summed E-state index contributed by atoms with van der Waals surface area (Å²) in [5.41, 5.74) is 5.66. The third-order valence-corrected chi connectivity index (χ3v) is 3.74. The van der Waals surface area contributed by atoms with E-state index in [0.29, 0.717) is 12.0 Å². The number of nitrogens with two attached hydrogens (primary N) is 1. The van der Waals surface area contributed by atoms with Gasteiger partial charge in [-0.15, -0.1) is 0 Å². The van der Waals surface area contributed by atoms with E-state index >= 15 is 0 Å². The van der Waals surface area contributed by atoms with E-state index in [1.807, 2.05) is 4.90 Å². The Hall–Kier alpha value is -1.32. The molecule has 0 radical (unpaired) electrons. The Morgan fingerprint density at radius 2 is 1.88 bits per heavy atom. The highest BCUT2D eigenvalue weighted by atomic mass is 19.1. The summed E-state index contributed by atoms with van der Waals surface area (Å²) < 4.78 is 27.5. The molecule has 4 heteroatoms. The maximum absolute atomic E-state index is 13.7. The maximum atomic E-state index is 13.7. The molecule has 3 rings (SSSR count). The number of nitrogen functional groups attached to an aromatic ring is 1. The van der Waals surface area contributed by atoms with Gasteiger partial charge < -0.3 is 10.6 Å². The minimum absolute atomic E-state index is 0.112. The van der Waals surface area contributed by atoms with Gasteiger partial charge in [-0.1, -0.05) is 0 Å². The quantitative estimate of drug-likeness (QED) is 0.743. The van der Waals surface area contributed by atoms with E-state index in [4.69, 9.17) is 5.73 Å². The van der Waals surface area contributed by atoms with Crippen molar-refractivity contribution in [3.63, 3.8) is 0 Å². The fourth-order valence-electron chi connectivity index (χ4n) is 3.06. The van der Waals surface area contributed by atoms with Crippen molar-refractivity contribution < 1.29 is 8.78 Å². The highest BCUT2D eigenvalue weighted by Crippen LogP contribution is 2.42. The van der Waals surface area contributed by atoms with Crippen molar-refractivity contribution in [2.45, 2.75) is 25.3 Å². The van der Waals surface area contributed by atoms with Crippen LogP contribution in [0.15, 0.2) is 12.1 Å². The average Bonchev–Trinajstić information content (AvgIpc) is 2.77. The van der Waals surface area contributed by atoms with Crippen LogP contribution in [0.4, 0.5) is 20.2 Å². The van der Waals surface area contributed by atoms with Crippen LogP contribution in [0.25, 0.3) is 0 Å². The Balaban J connectivity index is 2.01. The average molecular weight is 224 g/mol. The molecule has 1 aliphatic carbocycles. The molecule has 2 nitrogen and oxygen atoms in total. The van der Waals surface area contributed by atoms with Gasteiger partial charge in [0.2, 0.25) is 0 Å². The molecule has 1 aliphatic heterocycles.